The molecule has 0 aliphatic rings. The van der Waals surface area contributed by atoms with E-state index in [1.165, 1.54) is 205 Å². The molecule has 0 radical (unpaired) electrons. The van der Waals surface area contributed by atoms with Gasteiger partial charge in [0.2, 0.25) is 0 Å². The maximum Gasteiger partial charge on any atom is 0.306 e. The van der Waals surface area contributed by atoms with Crippen LogP contribution in [0.4, 0.5) is 0 Å². The minimum absolute atomic E-state index is 0.0750. The molecule has 0 aromatic carbocycles. The Balaban J connectivity index is 4.26. The predicted molar refractivity (Wildman–Crippen MR) is 357 cm³/mol. The average Bonchev–Trinajstić information content (AvgIpc) is 3.47. The van der Waals surface area contributed by atoms with Crippen molar-refractivity contribution in [1.29, 1.82) is 0 Å². The second kappa shape index (κ2) is 69.8. The molecule has 0 aromatic rings. The molecule has 6 heteroatoms. The molecule has 0 spiro atoms. The van der Waals surface area contributed by atoms with Crippen molar-refractivity contribution in [3.8, 4) is 0 Å². The molecule has 0 rings (SSSR count). The first kappa shape index (κ1) is 78.3. The van der Waals surface area contributed by atoms with E-state index in [2.05, 4.69) is 118 Å². The first-order chi connectivity index (χ1) is 40.5. The highest BCUT2D eigenvalue weighted by Crippen LogP contribution is 2.17. The van der Waals surface area contributed by atoms with Crippen LogP contribution in [0.3, 0.4) is 0 Å². The second-order valence-electron chi connectivity index (χ2n) is 23.4. The molecule has 82 heavy (non-hydrogen) atoms. The summed E-state index contributed by atoms with van der Waals surface area (Å²) < 4.78 is 17.0. The summed E-state index contributed by atoms with van der Waals surface area (Å²) in [6.45, 7) is 6.54. The van der Waals surface area contributed by atoms with E-state index in [-0.39, 0.29) is 31.1 Å². The van der Waals surface area contributed by atoms with Crippen molar-refractivity contribution in [3.63, 3.8) is 0 Å². The Bertz CT molecular complexity index is 1590. The van der Waals surface area contributed by atoms with E-state index < -0.39 is 6.10 Å². The third kappa shape index (κ3) is 67.1. The van der Waals surface area contributed by atoms with E-state index >= 15 is 0 Å². The first-order valence-corrected chi connectivity index (χ1v) is 35.2. The van der Waals surface area contributed by atoms with Crippen molar-refractivity contribution < 1.29 is 28.6 Å². The molecule has 1 unspecified atom stereocenters. The van der Waals surface area contributed by atoms with Crippen LogP contribution < -0.4 is 0 Å². The van der Waals surface area contributed by atoms with E-state index in [1.807, 2.05) is 0 Å². The van der Waals surface area contributed by atoms with E-state index in [9.17, 15) is 14.4 Å². The van der Waals surface area contributed by atoms with Crippen molar-refractivity contribution in [1.82, 2.24) is 0 Å². The van der Waals surface area contributed by atoms with Crippen molar-refractivity contribution in [2.24, 2.45) is 0 Å². The molecule has 0 bridgehead atoms. The van der Waals surface area contributed by atoms with Gasteiger partial charge in [-0.2, -0.15) is 0 Å². The molecule has 0 saturated heterocycles. The SMILES string of the molecule is CC/C=C\C/C=C\C/C=C\C/C=C\C/C=C\C/C=C\CCCCCCCCCCCCCCC(=O)OCC(COC(=O)CCCCCCCCCCCCCCCC)OC(=O)CCCCCCCCCCC/C=C\C/C=C\CCCCC. The van der Waals surface area contributed by atoms with E-state index in [0.717, 1.165) is 103 Å². The van der Waals surface area contributed by atoms with Gasteiger partial charge in [-0.05, 0) is 103 Å². The summed E-state index contributed by atoms with van der Waals surface area (Å²) >= 11 is 0. The summed E-state index contributed by atoms with van der Waals surface area (Å²) in [7, 11) is 0. The summed E-state index contributed by atoms with van der Waals surface area (Å²) in [6.07, 6.45) is 94.2. The fraction of sp³-hybridized carbons (Fsp3) is 0.750. The van der Waals surface area contributed by atoms with Gasteiger partial charge in [0, 0.05) is 19.3 Å². The zero-order chi connectivity index (χ0) is 59.2. The lowest BCUT2D eigenvalue weighted by Crippen LogP contribution is -2.30. The fourth-order valence-electron chi connectivity index (χ4n) is 10.1. The molecule has 0 N–H and O–H groups in total. The highest BCUT2D eigenvalue weighted by atomic mass is 16.6. The highest BCUT2D eigenvalue weighted by molar-refractivity contribution is 5.71. The van der Waals surface area contributed by atoms with Crippen LogP contribution in [0.1, 0.15) is 348 Å². The fourth-order valence-corrected chi connectivity index (χ4v) is 10.1. The molecular weight excluding hydrogens is 1010 g/mol. The minimum atomic E-state index is -0.780. The predicted octanol–water partition coefficient (Wildman–Crippen LogP) is 24.4. The summed E-state index contributed by atoms with van der Waals surface area (Å²) in [5.41, 5.74) is 0. The van der Waals surface area contributed by atoms with Crippen LogP contribution in [0, 0.1) is 0 Å². The van der Waals surface area contributed by atoms with Gasteiger partial charge in [-0.1, -0.05) is 323 Å². The number of carbonyl (C=O) groups is 3. The molecule has 0 saturated carbocycles. The van der Waals surface area contributed by atoms with Gasteiger partial charge in [-0.15, -0.1) is 0 Å². The van der Waals surface area contributed by atoms with E-state index in [1.54, 1.807) is 0 Å². The third-order valence-corrected chi connectivity index (χ3v) is 15.3. The minimum Gasteiger partial charge on any atom is -0.462 e. The van der Waals surface area contributed by atoms with Gasteiger partial charge in [0.15, 0.2) is 6.10 Å². The summed E-state index contributed by atoms with van der Waals surface area (Å²) in [6, 6.07) is 0. The molecule has 0 aliphatic carbocycles. The van der Waals surface area contributed by atoms with Crippen molar-refractivity contribution in [2.75, 3.05) is 13.2 Å². The standard InChI is InChI=1S/C76H132O6/c1-4-7-10-13-16-19-22-25-28-30-32-33-34-35-36-37-38-39-40-41-42-43-45-46-48-51-54-57-60-63-66-69-75(78)81-72-73(71-80-74(77)68-65-62-59-56-53-50-27-24-21-18-15-12-9-6-3)82-76(79)70-67-64-61-58-55-52-49-47-44-31-29-26-23-20-17-14-11-8-5-2/h7,10,16-17,19-20,25-26,28-29,32-33,35-36,38-39,73H,4-6,8-9,11-15,18,21-24,27,30-31,34,37,40-72H2,1-3H3/b10-7-,19-16-,20-17-,28-25-,29-26-,33-32-,36-35-,39-38-. The molecular formula is C76H132O6. The average molecular weight is 1140 g/mol. The zero-order valence-electron chi connectivity index (χ0n) is 54.2. The molecule has 0 amide bonds. The van der Waals surface area contributed by atoms with Crippen LogP contribution in [0.5, 0.6) is 0 Å². The van der Waals surface area contributed by atoms with Crippen molar-refractivity contribution in [2.45, 2.75) is 354 Å². The molecule has 6 nitrogen and oxygen atoms in total. The first-order valence-electron chi connectivity index (χ1n) is 35.2. The van der Waals surface area contributed by atoms with Crippen LogP contribution in [0.25, 0.3) is 0 Å². The van der Waals surface area contributed by atoms with Gasteiger partial charge in [0.1, 0.15) is 13.2 Å². The number of rotatable bonds is 64. The van der Waals surface area contributed by atoms with Gasteiger partial charge in [0.25, 0.3) is 0 Å². The van der Waals surface area contributed by atoms with Crippen LogP contribution in [0.15, 0.2) is 97.2 Å². The summed E-state index contributed by atoms with van der Waals surface area (Å²) in [5, 5.41) is 0. The van der Waals surface area contributed by atoms with Crippen LogP contribution >= 0.6 is 0 Å². The van der Waals surface area contributed by atoms with Gasteiger partial charge in [0.05, 0.1) is 0 Å². The Morgan fingerprint density at radius 1 is 0.256 bits per heavy atom. The summed E-state index contributed by atoms with van der Waals surface area (Å²) in [5.74, 6) is -0.864. The lowest BCUT2D eigenvalue weighted by molar-refractivity contribution is -0.167. The maximum absolute atomic E-state index is 12.9. The Hall–Kier alpha value is -3.67. The second-order valence-corrected chi connectivity index (χ2v) is 23.4. The van der Waals surface area contributed by atoms with Crippen LogP contribution in [-0.4, -0.2) is 37.2 Å². The number of ether oxygens (including phenoxy) is 3. The molecule has 0 aliphatic heterocycles. The number of carbonyl (C=O) groups excluding carboxylic acids is 3. The van der Waals surface area contributed by atoms with Gasteiger partial charge in [-0.25, -0.2) is 0 Å². The van der Waals surface area contributed by atoms with Crippen LogP contribution in [0.2, 0.25) is 0 Å². The Morgan fingerprint density at radius 2 is 0.476 bits per heavy atom. The topological polar surface area (TPSA) is 78.9 Å². The number of allylic oxidation sites excluding steroid dienone is 16. The largest absolute Gasteiger partial charge is 0.462 e. The van der Waals surface area contributed by atoms with Gasteiger partial charge < -0.3 is 14.2 Å². The van der Waals surface area contributed by atoms with Crippen molar-refractivity contribution in [3.05, 3.63) is 97.2 Å². The molecule has 472 valence electrons. The van der Waals surface area contributed by atoms with Gasteiger partial charge >= 0.3 is 17.9 Å². The normalized spacial score (nSPS) is 12.7. The Morgan fingerprint density at radius 3 is 0.768 bits per heavy atom. The highest BCUT2D eigenvalue weighted by Gasteiger charge is 2.19. The number of esters is 3. The number of unbranched alkanes of at least 4 members (excludes halogenated alkanes) is 37. The van der Waals surface area contributed by atoms with E-state index in [4.69, 9.17) is 14.2 Å². The maximum atomic E-state index is 12.9. The smallest absolute Gasteiger partial charge is 0.306 e. The summed E-state index contributed by atoms with van der Waals surface area (Å²) in [4.78, 5) is 38.4. The monoisotopic (exact) mass is 1140 g/mol. The zero-order valence-corrected chi connectivity index (χ0v) is 54.2. The number of hydrogen-bond donors (Lipinski definition) is 0. The number of hydrogen-bond acceptors (Lipinski definition) is 6. The lowest BCUT2D eigenvalue weighted by atomic mass is 10.0. The molecule has 0 heterocycles. The Kier molecular flexibility index (Phi) is 66.7. The van der Waals surface area contributed by atoms with Crippen LogP contribution in [-0.2, 0) is 28.6 Å². The third-order valence-electron chi connectivity index (χ3n) is 15.3. The Labute approximate surface area is 508 Å². The van der Waals surface area contributed by atoms with Gasteiger partial charge in [-0.3, -0.25) is 14.4 Å². The molecule has 0 aromatic heterocycles. The van der Waals surface area contributed by atoms with Crippen molar-refractivity contribution >= 4 is 17.9 Å². The lowest BCUT2D eigenvalue weighted by Gasteiger charge is -2.18. The van der Waals surface area contributed by atoms with E-state index in [0.29, 0.717) is 19.3 Å². The quantitative estimate of drug-likeness (QED) is 0.0261. The molecule has 1 atom stereocenters. The molecule has 0 fully saturated rings.